The van der Waals surface area contributed by atoms with Crippen LogP contribution in [0.1, 0.15) is 37.3 Å². The molecule has 1 aliphatic rings. The van der Waals surface area contributed by atoms with Gasteiger partial charge in [-0.1, -0.05) is 6.92 Å². The summed E-state index contributed by atoms with van der Waals surface area (Å²) in [6.45, 7) is 6.66. The summed E-state index contributed by atoms with van der Waals surface area (Å²) in [6, 6.07) is 5.23. The van der Waals surface area contributed by atoms with Crippen LogP contribution in [0.25, 0.3) is 22.5 Å². The highest BCUT2D eigenvalue weighted by Crippen LogP contribution is 2.39. The molecule has 3 aromatic rings. The first kappa shape index (κ1) is 22.1. The van der Waals surface area contributed by atoms with E-state index >= 15 is 0 Å². The van der Waals surface area contributed by atoms with Crippen LogP contribution in [0.4, 0.5) is 19.2 Å². The lowest BCUT2D eigenvalue weighted by molar-refractivity contribution is -0.137. The maximum absolute atomic E-state index is 13.0. The average molecular weight is 446 g/mol. The van der Waals surface area contributed by atoms with E-state index in [-0.39, 0.29) is 17.1 Å². The van der Waals surface area contributed by atoms with Crippen molar-refractivity contribution >= 4 is 17.2 Å². The lowest BCUT2D eigenvalue weighted by Gasteiger charge is -2.17. The Morgan fingerprint density at radius 3 is 2.75 bits per heavy atom. The molecule has 1 aliphatic heterocycles. The molecule has 1 aromatic carbocycles. The standard InChI is InChI=1S/C23H25F3N4O2/c1-3-30-9-5-4-6-15(13-30)12-27-22-29-21-19(32-22)8-7-17(28-21)20-14(2)10-16(11-18(20)31)23(24,25)26/h7-8,10-12,31H,3-6,9,13H2,1-2H3,(H,27,28,29). The maximum Gasteiger partial charge on any atom is 0.416 e. The third kappa shape index (κ3) is 4.72. The van der Waals surface area contributed by atoms with Gasteiger partial charge in [-0.25, -0.2) is 4.98 Å². The minimum atomic E-state index is -4.54. The Morgan fingerprint density at radius 1 is 1.22 bits per heavy atom. The lowest BCUT2D eigenvalue weighted by Crippen LogP contribution is -2.25. The van der Waals surface area contributed by atoms with Crippen LogP contribution in [-0.4, -0.2) is 39.6 Å². The van der Waals surface area contributed by atoms with Crippen molar-refractivity contribution < 1.29 is 22.7 Å². The van der Waals surface area contributed by atoms with Crippen LogP contribution >= 0.6 is 0 Å². The predicted molar refractivity (Wildman–Crippen MR) is 116 cm³/mol. The SMILES string of the molecule is CCN1CCCCC(=CNc2nc3nc(-c4c(C)cc(C(F)(F)F)cc4O)ccc3o2)C1. The summed E-state index contributed by atoms with van der Waals surface area (Å²) in [5.41, 5.74) is 1.93. The number of nitrogens with one attached hydrogen (secondary N) is 1. The summed E-state index contributed by atoms with van der Waals surface area (Å²) in [7, 11) is 0. The van der Waals surface area contributed by atoms with Crippen LogP contribution in [0.5, 0.6) is 5.75 Å². The molecule has 0 radical (unpaired) electrons. The number of aryl methyl sites for hydroxylation is 1. The molecule has 0 spiro atoms. The summed E-state index contributed by atoms with van der Waals surface area (Å²) in [6.07, 6.45) is 0.713. The molecule has 1 saturated heterocycles. The molecule has 2 N–H and O–H groups in total. The topological polar surface area (TPSA) is 74.4 Å². The monoisotopic (exact) mass is 446 g/mol. The molecule has 0 aliphatic carbocycles. The van der Waals surface area contributed by atoms with Crippen LogP contribution < -0.4 is 5.32 Å². The molecule has 32 heavy (non-hydrogen) atoms. The average Bonchev–Trinajstić information content (AvgIpc) is 2.99. The van der Waals surface area contributed by atoms with Crippen molar-refractivity contribution in [3.05, 3.63) is 47.2 Å². The van der Waals surface area contributed by atoms with Gasteiger partial charge in [0.15, 0.2) is 5.58 Å². The first-order valence-electron chi connectivity index (χ1n) is 10.6. The Hall–Kier alpha value is -3.07. The van der Waals surface area contributed by atoms with Crippen LogP contribution in [0.15, 0.2) is 40.5 Å². The van der Waals surface area contributed by atoms with Gasteiger partial charge in [-0.3, -0.25) is 4.90 Å². The molecular weight excluding hydrogens is 421 g/mol. The minimum absolute atomic E-state index is 0.234. The summed E-state index contributed by atoms with van der Waals surface area (Å²) < 4.78 is 44.7. The number of anilines is 1. The fourth-order valence-corrected chi connectivity index (χ4v) is 3.97. The highest BCUT2D eigenvalue weighted by atomic mass is 19.4. The van der Waals surface area contributed by atoms with E-state index in [9.17, 15) is 18.3 Å². The molecule has 0 amide bonds. The Bertz CT molecular complexity index is 1130. The third-order valence-electron chi connectivity index (χ3n) is 5.65. The van der Waals surface area contributed by atoms with Gasteiger partial charge in [-0.15, -0.1) is 0 Å². The van der Waals surface area contributed by atoms with Crippen LogP contribution in [0.3, 0.4) is 0 Å². The molecule has 0 saturated carbocycles. The number of rotatable bonds is 4. The highest BCUT2D eigenvalue weighted by molar-refractivity contribution is 5.78. The van der Waals surface area contributed by atoms with Gasteiger partial charge in [0, 0.05) is 18.3 Å². The first-order valence-corrected chi connectivity index (χ1v) is 10.6. The van der Waals surface area contributed by atoms with Crippen molar-refractivity contribution in [3.8, 4) is 17.0 Å². The number of likely N-dealkylation sites (N-methyl/N-ethyl adjacent to an activating group) is 1. The van der Waals surface area contributed by atoms with Crippen molar-refractivity contribution in [1.29, 1.82) is 0 Å². The fourth-order valence-electron chi connectivity index (χ4n) is 3.97. The van der Waals surface area contributed by atoms with E-state index in [4.69, 9.17) is 4.42 Å². The fraction of sp³-hybridized carbons (Fsp3) is 0.391. The molecule has 2 aromatic heterocycles. The van der Waals surface area contributed by atoms with Crippen molar-refractivity contribution in [2.75, 3.05) is 25.0 Å². The number of alkyl halides is 3. The molecule has 6 nitrogen and oxygen atoms in total. The molecule has 0 atom stereocenters. The summed E-state index contributed by atoms with van der Waals surface area (Å²) in [5.74, 6) is -0.482. The summed E-state index contributed by atoms with van der Waals surface area (Å²) in [5, 5.41) is 13.4. The maximum atomic E-state index is 13.0. The Balaban J connectivity index is 1.59. The number of likely N-dealkylation sites (tertiary alicyclic amines) is 1. The van der Waals surface area contributed by atoms with Crippen LogP contribution in [0, 0.1) is 6.92 Å². The van der Waals surface area contributed by atoms with Gasteiger partial charge in [0.25, 0.3) is 0 Å². The van der Waals surface area contributed by atoms with Gasteiger partial charge in [0.1, 0.15) is 5.75 Å². The van der Waals surface area contributed by atoms with Gasteiger partial charge in [0.05, 0.1) is 11.3 Å². The molecule has 170 valence electrons. The van der Waals surface area contributed by atoms with Gasteiger partial charge >= 0.3 is 12.2 Å². The number of phenolic OH excluding ortho intramolecular Hbond substituents is 1. The smallest absolute Gasteiger partial charge is 0.416 e. The predicted octanol–water partition coefficient (Wildman–Crippen LogP) is 5.72. The van der Waals surface area contributed by atoms with E-state index in [0.717, 1.165) is 38.5 Å². The Morgan fingerprint density at radius 2 is 2.03 bits per heavy atom. The quantitative estimate of drug-likeness (QED) is 0.534. The van der Waals surface area contributed by atoms with Gasteiger partial charge in [0.2, 0.25) is 5.65 Å². The number of oxazole rings is 1. The van der Waals surface area contributed by atoms with E-state index in [1.165, 1.54) is 18.9 Å². The number of pyridine rings is 1. The molecule has 3 heterocycles. The molecular formula is C23H25F3N4O2. The molecule has 0 bridgehead atoms. The van der Waals surface area contributed by atoms with Gasteiger partial charge in [-0.05, 0) is 74.7 Å². The number of fused-ring (bicyclic) bond motifs is 1. The zero-order valence-electron chi connectivity index (χ0n) is 18.0. The van der Waals surface area contributed by atoms with E-state index < -0.39 is 17.5 Å². The second kappa shape index (κ2) is 8.82. The van der Waals surface area contributed by atoms with Crippen LogP contribution in [-0.2, 0) is 6.18 Å². The third-order valence-corrected chi connectivity index (χ3v) is 5.65. The zero-order valence-corrected chi connectivity index (χ0v) is 18.0. The number of halogens is 3. The van der Waals surface area contributed by atoms with Crippen molar-refractivity contribution in [3.63, 3.8) is 0 Å². The highest BCUT2D eigenvalue weighted by Gasteiger charge is 2.32. The number of aromatic hydroxyl groups is 1. The number of aromatic nitrogens is 2. The second-order valence-corrected chi connectivity index (χ2v) is 8.00. The Labute approximate surface area is 183 Å². The number of nitrogens with zero attached hydrogens (tertiary/aromatic N) is 3. The normalized spacial score (nSPS) is 17.1. The van der Waals surface area contributed by atoms with E-state index in [1.807, 2.05) is 6.20 Å². The second-order valence-electron chi connectivity index (χ2n) is 8.00. The molecule has 4 rings (SSSR count). The van der Waals surface area contributed by atoms with E-state index in [1.54, 1.807) is 12.1 Å². The summed E-state index contributed by atoms with van der Waals surface area (Å²) >= 11 is 0. The van der Waals surface area contributed by atoms with Crippen molar-refractivity contribution in [1.82, 2.24) is 14.9 Å². The van der Waals surface area contributed by atoms with Crippen molar-refractivity contribution in [2.24, 2.45) is 0 Å². The largest absolute Gasteiger partial charge is 0.507 e. The van der Waals surface area contributed by atoms with Crippen molar-refractivity contribution in [2.45, 2.75) is 39.3 Å². The lowest BCUT2D eigenvalue weighted by atomic mass is 10.0. The summed E-state index contributed by atoms with van der Waals surface area (Å²) in [4.78, 5) is 11.1. The zero-order chi connectivity index (χ0) is 22.9. The number of hydrogen-bond donors (Lipinski definition) is 2. The minimum Gasteiger partial charge on any atom is -0.507 e. The number of hydrogen-bond acceptors (Lipinski definition) is 6. The Kier molecular flexibility index (Phi) is 6.10. The molecule has 9 heteroatoms. The van der Waals surface area contributed by atoms with Gasteiger partial charge in [-0.2, -0.15) is 18.2 Å². The molecule has 1 fully saturated rings. The number of phenols is 1. The van der Waals surface area contributed by atoms with E-state index in [0.29, 0.717) is 23.0 Å². The van der Waals surface area contributed by atoms with Crippen LogP contribution in [0.2, 0.25) is 0 Å². The van der Waals surface area contributed by atoms with E-state index in [2.05, 4.69) is 27.1 Å². The number of benzene rings is 1. The first-order chi connectivity index (χ1) is 15.2. The van der Waals surface area contributed by atoms with Gasteiger partial charge < -0.3 is 14.8 Å². The molecule has 0 unspecified atom stereocenters.